The molecule has 1 N–H and O–H groups in total. The van der Waals surface area contributed by atoms with Crippen molar-refractivity contribution in [1.29, 1.82) is 0 Å². The number of hydrogen-bond acceptors (Lipinski definition) is 4. The monoisotopic (exact) mass is 312 g/mol. The summed E-state index contributed by atoms with van der Waals surface area (Å²) in [5.41, 5.74) is 1.65. The lowest BCUT2D eigenvalue weighted by atomic mass is 10.2. The predicted molar refractivity (Wildman–Crippen MR) is 82.3 cm³/mol. The van der Waals surface area contributed by atoms with Crippen molar-refractivity contribution in [2.45, 2.75) is 0 Å². The van der Waals surface area contributed by atoms with Gasteiger partial charge in [0.1, 0.15) is 24.2 Å². The Morgan fingerprint density at radius 3 is 2.65 bits per heavy atom. The molecule has 0 fully saturated rings. The first kappa shape index (κ1) is 14.7. The van der Waals surface area contributed by atoms with E-state index in [9.17, 15) is 9.18 Å². The van der Waals surface area contributed by atoms with Gasteiger partial charge in [-0.15, -0.1) is 0 Å². The molecule has 1 heterocycles. The molecule has 0 aliphatic heterocycles. The van der Waals surface area contributed by atoms with Gasteiger partial charge in [0.05, 0.1) is 18.5 Å². The van der Waals surface area contributed by atoms with Crippen molar-refractivity contribution in [1.82, 2.24) is 14.8 Å². The number of ether oxygens (including phenoxy) is 1. The fraction of sp³-hybridized carbons (Fsp3) is 0.0625. The average molecular weight is 312 g/mol. The second kappa shape index (κ2) is 6.27. The number of nitrogens with zero attached hydrogens (tertiary/aromatic N) is 3. The van der Waals surface area contributed by atoms with Gasteiger partial charge in [-0.05, 0) is 36.4 Å². The van der Waals surface area contributed by atoms with E-state index in [4.69, 9.17) is 4.74 Å². The number of rotatable bonds is 4. The third kappa shape index (κ3) is 3.18. The van der Waals surface area contributed by atoms with E-state index in [2.05, 4.69) is 15.4 Å². The summed E-state index contributed by atoms with van der Waals surface area (Å²) < 4.78 is 19.8. The minimum atomic E-state index is -0.433. The molecule has 0 aliphatic carbocycles. The summed E-state index contributed by atoms with van der Waals surface area (Å²) in [6, 6.07) is 10.8. The molecule has 0 unspecified atom stereocenters. The van der Waals surface area contributed by atoms with E-state index in [0.29, 0.717) is 11.3 Å². The Kier molecular flexibility index (Phi) is 4.01. The Balaban J connectivity index is 1.78. The fourth-order valence-electron chi connectivity index (χ4n) is 2.07. The van der Waals surface area contributed by atoms with Crippen molar-refractivity contribution >= 4 is 11.6 Å². The molecule has 7 heteroatoms. The number of hydrogen-bond donors (Lipinski definition) is 1. The number of nitrogens with one attached hydrogen (secondary N) is 1. The molecule has 0 aliphatic rings. The Bertz CT molecular complexity index is 817. The summed E-state index contributed by atoms with van der Waals surface area (Å²) in [7, 11) is 1.41. The molecule has 0 bridgehead atoms. The van der Waals surface area contributed by atoms with Gasteiger partial charge in [0.2, 0.25) is 0 Å². The number of carbonyl (C=O) groups is 1. The Morgan fingerprint density at radius 2 is 2.00 bits per heavy atom. The molecule has 1 aromatic heterocycles. The highest BCUT2D eigenvalue weighted by atomic mass is 19.1. The standard InChI is InChI=1S/C16H13FN4O2/c1-23-15-8-12(17)4-7-14(15)20-16(22)11-2-5-13(6-3-11)21-10-18-9-19-21/h2-10H,1H3,(H,20,22). The highest BCUT2D eigenvalue weighted by Gasteiger charge is 2.11. The minimum absolute atomic E-state index is 0.262. The largest absolute Gasteiger partial charge is 0.494 e. The molecule has 0 atom stereocenters. The lowest BCUT2D eigenvalue weighted by Crippen LogP contribution is -2.12. The van der Waals surface area contributed by atoms with Gasteiger partial charge < -0.3 is 10.1 Å². The lowest BCUT2D eigenvalue weighted by Gasteiger charge is -2.10. The smallest absolute Gasteiger partial charge is 0.255 e. The third-order valence-corrected chi connectivity index (χ3v) is 3.22. The zero-order valence-corrected chi connectivity index (χ0v) is 12.2. The predicted octanol–water partition coefficient (Wildman–Crippen LogP) is 2.67. The number of carbonyl (C=O) groups excluding carboxylic acids is 1. The summed E-state index contributed by atoms with van der Waals surface area (Å²) in [4.78, 5) is 16.1. The summed E-state index contributed by atoms with van der Waals surface area (Å²) >= 11 is 0. The number of aromatic nitrogens is 3. The van der Waals surface area contributed by atoms with Crippen LogP contribution >= 0.6 is 0 Å². The first-order valence-corrected chi connectivity index (χ1v) is 6.77. The van der Waals surface area contributed by atoms with Gasteiger partial charge in [-0.2, -0.15) is 5.10 Å². The molecule has 6 nitrogen and oxygen atoms in total. The molecular formula is C16H13FN4O2. The van der Waals surface area contributed by atoms with Crippen molar-refractivity contribution in [3.8, 4) is 11.4 Å². The highest BCUT2D eigenvalue weighted by molar-refractivity contribution is 6.05. The van der Waals surface area contributed by atoms with Crippen LogP contribution in [0.3, 0.4) is 0 Å². The first-order valence-electron chi connectivity index (χ1n) is 6.77. The number of methoxy groups -OCH3 is 1. The SMILES string of the molecule is COc1cc(F)ccc1NC(=O)c1ccc(-n2cncn2)cc1. The molecular weight excluding hydrogens is 299 g/mol. The minimum Gasteiger partial charge on any atom is -0.494 e. The van der Waals surface area contributed by atoms with Crippen LogP contribution in [0.4, 0.5) is 10.1 Å². The van der Waals surface area contributed by atoms with Gasteiger partial charge in [-0.3, -0.25) is 4.79 Å². The van der Waals surface area contributed by atoms with Crippen LogP contribution < -0.4 is 10.1 Å². The van der Waals surface area contributed by atoms with Gasteiger partial charge in [0.25, 0.3) is 5.91 Å². The van der Waals surface area contributed by atoms with Crippen LogP contribution in [0, 0.1) is 5.82 Å². The van der Waals surface area contributed by atoms with Gasteiger partial charge in [0, 0.05) is 11.6 Å². The average Bonchev–Trinajstić information content (AvgIpc) is 3.11. The zero-order valence-electron chi connectivity index (χ0n) is 12.2. The maximum absolute atomic E-state index is 13.2. The highest BCUT2D eigenvalue weighted by Crippen LogP contribution is 2.25. The molecule has 1 amide bonds. The van der Waals surface area contributed by atoms with Crippen molar-refractivity contribution in [3.63, 3.8) is 0 Å². The fourth-order valence-corrected chi connectivity index (χ4v) is 2.07. The molecule has 0 saturated carbocycles. The molecule has 0 spiro atoms. The number of anilines is 1. The molecule has 3 aromatic rings. The van der Waals surface area contributed by atoms with Crippen LogP contribution in [0.5, 0.6) is 5.75 Å². The van der Waals surface area contributed by atoms with Gasteiger partial charge >= 0.3 is 0 Å². The summed E-state index contributed by atoms with van der Waals surface area (Å²) in [5, 5.41) is 6.71. The van der Waals surface area contributed by atoms with Crippen LogP contribution in [0.1, 0.15) is 10.4 Å². The van der Waals surface area contributed by atoms with E-state index >= 15 is 0 Å². The van der Waals surface area contributed by atoms with Gasteiger partial charge in [0.15, 0.2) is 0 Å². The van der Waals surface area contributed by atoms with Crippen molar-refractivity contribution in [3.05, 3.63) is 66.5 Å². The number of benzene rings is 2. The summed E-state index contributed by atoms with van der Waals surface area (Å²) in [6.45, 7) is 0. The second-order valence-electron chi connectivity index (χ2n) is 4.69. The molecule has 3 rings (SSSR count). The van der Waals surface area contributed by atoms with Crippen LogP contribution in [-0.4, -0.2) is 27.8 Å². The van der Waals surface area contributed by atoms with E-state index < -0.39 is 5.82 Å². The molecule has 0 saturated heterocycles. The Morgan fingerprint density at radius 1 is 1.22 bits per heavy atom. The van der Waals surface area contributed by atoms with Crippen molar-refractivity contribution in [2.24, 2.45) is 0 Å². The quantitative estimate of drug-likeness (QED) is 0.804. The van der Waals surface area contributed by atoms with E-state index in [1.807, 2.05) is 0 Å². The summed E-state index contributed by atoms with van der Waals surface area (Å²) in [6.07, 6.45) is 3.00. The molecule has 0 radical (unpaired) electrons. The van der Waals surface area contributed by atoms with E-state index in [-0.39, 0.29) is 11.7 Å². The number of halogens is 1. The van der Waals surface area contributed by atoms with Crippen LogP contribution in [0.15, 0.2) is 55.1 Å². The molecule has 116 valence electrons. The lowest BCUT2D eigenvalue weighted by molar-refractivity contribution is 0.102. The second-order valence-corrected chi connectivity index (χ2v) is 4.69. The normalized spacial score (nSPS) is 10.3. The Hall–Kier alpha value is -3.22. The van der Waals surface area contributed by atoms with E-state index in [0.717, 1.165) is 5.69 Å². The van der Waals surface area contributed by atoms with Crippen LogP contribution in [0.2, 0.25) is 0 Å². The topological polar surface area (TPSA) is 69.0 Å². The van der Waals surface area contributed by atoms with Crippen LogP contribution in [0.25, 0.3) is 5.69 Å². The maximum Gasteiger partial charge on any atom is 0.255 e. The van der Waals surface area contributed by atoms with E-state index in [1.165, 1.54) is 31.6 Å². The maximum atomic E-state index is 13.2. The third-order valence-electron chi connectivity index (χ3n) is 3.22. The zero-order chi connectivity index (χ0) is 16.2. The van der Waals surface area contributed by atoms with E-state index in [1.54, 1.807) is 35.3 Å². The van der Waals surface area contributed by atoms with Gasteiger partial charge in [-0.25, -0.2) is 14.1 Å². The number of amides is 1. The first-order chi connectivity index (χ1) is 11.2. The van der Waals surface area contributed by atoms with Crippen molar-refractivity contribution < 1.29 is 13.9 Å². The van der Waals surface area contributed by atoms with Crippen LogP contribution in [-0.2, 0) is 0 Å². The summed E-state index contributed by atoms with van der Waals surface area (Å²) in [5.74, 6) is -0.491. The molecule has 2 aromatic carbocycles. The Labute approximate surface area is 131 Å². The molecule has 23 heavy (non-hydrogen) atoms. The van der Waals surface area contributed by atoms with Gasteiger partial charge in [-0.1, -0.05) is 0 Å². The van der Waals surface area contributed by atoms with Crippen molar-refractivity contribution in [2.75, 3.05) is 12.4 Å².